The topological polar surface area (TPSA) is 71.4 Å². The summed E-state index contributed by atoms with van der Waals surface area (Å²) in [6.07, 6.45) is 6.07. The van der Waals surface area contributed by atoms with Gasteiger partial charge in [-0.3, -0.25) is 4.79 Å². The minimum atomic E-state index is -3.17. The molecule has 0 unspecified atom stereocenters. The van der Waals surface area contributed by atoms with E-state index in [9.17, 15) is 18.3 Å². The van der Waals surface area contributed by atoms with Crippen LogP contribution in [0.3, 0.4) is 0 Å². The van der Waals surface area contributed by atoms with Gasteiger partial charge in [-0.05, 0) is 61.6 Å². The molecule has 21 heavy (non-hydrogen) atoms. The third kappa shape index (κ3) is 2.27. The van der Waals surface area contributed by atoms with E-state index in [0.717, 1.165) is 44.1 Å². The van der Waals surface area contributed by atoms with E-state index in [2.05, 4.69) is 0 Å². The number of carboxylic acids is 1. The van der Waals surface area contributed by atoms with Crippen LogP contribution in [0, 0.1) is 5.41 Å². The van der Waals surface area contributed by atoms with Gasteiger partial charge in [0.1, 0.15) is 0 Å². The predicted octanol–water partition coefficient (Wildman–Crippen LogP) is 2.77. The second-order valence-electron chi connectivity index (χ2n) is 6.66. The molecule has 3 aliphatic carbocycles. The van der Waals surface area contributed by atoms with Gasteiger partial charge in [0.25, 0.3) is 0 Å². The van der Waals surface area contributed by atoms with Crippen LogP contribution in [0.4, 0.5) is 0 Å². The first-order valence-electron chi connectivity index (χ1n) is 7.32. The molecule has 114 valence electrons. The lowest BCUT2D eigenvalue weighted by atomic mass is 9.52. The molecule has 1 aromatic carbocycles. The number of benzene rings is 1. The van der Waals surface area contributed by atoms with Crippen molar-refractivity contribution in [1.82, 2.24) is 0 Å². The summed E-state index contributed by atoms with van der Waals surface area (Å²) in [5.41, 5.74) is 0.704. The summed E-state index contributed by atoms with van der Waals surface area (Å²) in [4.78, 5) is 11.8. The summed E-state index contributed by atoms with van der Waals surface area (Å²) in [5, 5.41) is 9.43. The van der Waals surface area contributed by atoms with E-state index >= 15 is 0 Å². The van der Waals surface area contributed by atoms with E-state index in [1.165, 1.54) is 6.26 Å². The maximum absolute atomic E-state index is 11.5. The highest BCUT2D eigenvalue weighted by molar-refractivity contribution is 7.90. The van der Waals surface area contributed by atoms with Crippen molar-refractivity contribution in [2.24, 2.45) is 5.41 Å². The van der Waals surface area contributed by atoms with Gasteiger partial charge in [0.05, 0.1) is 10.3 Å². The second kappa shape index (κ2) is 4.57. The van der Waals surface area contributed by atoms with Crippen LogP contribution in [0.15, 0.2) is 29.2 Å². The zero-order valence-electron chi connectivity index (χ0n) is 12.1. The average molecular weight is 308 g/mol. The molecule has 0 radical (unpaired) electrons. The summed E-state index contributed by atoms with van der Waals surface area (Å²) in [6, 6.07) is 7.17. The zero-order chi connectivity index (χ0) is 15.3. The molecule has 5 heteroatoms. The van der Waals surface area contributed by atoms with Gasteiger partial charge < -0.3 is 5.11 Å². The molecule has 0 aromatic heterocycles. The van der Waals surface area contributed by atoms with Crippen molar-refractivity contribution in [2.75, 3.05) is 6.26 Å². The molecule has 1 N–H and O–H groups in total. The first-order valence-corrected chi connectivity index (χ1v) is 9.21. The molecular formula is C16H20O4S. The largest absolute Gasteiger partial charge is 0.481 e. The fourth-order valence-electron chi connectivity index (χ4n) is 4.00. The van der Waals surface area contributed by atoms with Gasteiger partial charge in [-0.2, -0.15) is 0 Å². The lowest BCUT2D eigenvalue weighted by Crippen LogP contribution is -2.47. The van der Waals surface area contributed by atoms with Crippen molar-refractivity contribution >= 4 is 15.8 Å². The Bertz CT molecular complexity index is 648. The summed E-state index contributed by atoms with van der Waals surface area (Å²) in [6.45, 7) is 0. The summed E-state index contributed by atoms with van der Waals surface area (Å²) < 4.78 is 23.1. The van der Waals surface area contributed by atoms with Gasteiger partial charge in [0.15, 0.2) is 9.84 Å². The molecule has 0 heterocycles. The number of sulfone groups is 1. The number of hydrogen-bond donors (Lipinski definition) is 1. The SMILES string of the molecule is CS(=O)(=O)c1ccc(C23CCC(C(=O)O)(CC2)CC3)cc1. The maximum atomic E-state index is 11.5. The monoisotopic (exact) mass is 308 g/mol. The fraction of sp³-hybridized carbons (Fsp3) is 0.562. The van der Waals surface area contributed by atoms with Gasteiger partial charge in [0.2, 0.25) is 0 Å². The zero-order valence-corrected chi connectivity index (χ0v) is 12.9. The minimum Gasteiger partial charge on any atom is -0.481 e. The van der Waals surface area contributed by atoms with E-state index in [1.807, 2.05) is 12.1 Å². The number of carboxylic acid groups (broad SMARTS) is 1. The number of hydrogen-bond acceptors (Lipinski definition) is 3. The molecule has 1 aromatic rings. The molecule has 0 aliphatic heterocycles. The third-order valence-electron chi connectivity index (χ3n) is 5.59. The quantitative estimate of drug-likeness (QED) is 0.932. The highest BCUT2D eigenvalue weighted by atomic mass is 32.2. The van der Waals surface area contributed by atoms with E-state index in [0.29, 0.717) is 4.90 Å². The Labute approximate surface area is 125 Å². The fourth-order valence-corrected chi connectivity index (χ4v) is 4.63. The Hall–Kier alpha value is -1.36. The van der Waals surface area contributed by atoms with Crippen molar-refractivity contribution in [3.63, 3.8) is 0 Å². The first-order chi connectivity index (χ1) is 9.78. The highest BCUT2D eigenvalue weighted by Gasteiger charge is 2.53. The van der Waals surface area contributed by atoms with Crippen LogP contribution in [-0.4, -0.2) is 25.7 Å². The van der Waals surface area contributed by atoms with Crippen LogP contribution in [0.2, 0.25) is 0 Å². The second-order valence-corrected chi connectivity index (χ2v) is 8.68. The average Bonchev–Trinajstić information content (AvgIpc) is 2.48. The summed E-state index contributed by atoms with van der Waals surface area (Å²) in [7, 11) is -3.17. The highest BCUT2D eigenvalue weighted by Crippen LogP contribution is 2.57. The molecule has 0 amide bonds. The molecule has 3 fully saturated rings. The van der Waals surface area contributed by atoms with Crippen LogP contribution in [-0.2, 0) is 20.0 Å². The number of carbonyl (C=O) groups is 1. The Kier molecular flexibility index (Phi) is 3.17. The van der Waals surface area contributed by atoms with Crippen molar-refractivity contribution < 1.29 is 18.3 Å². The normalized spacial score (nSPS) is 32.0. The van der Waals surface area contributed by atoms with Crippen LogP contribution in [0.5, 0.6) is 0 Å². The van der Waals surface area contributed by atoms with E-state index in [1.54, 1.807) is 12.1 Å². The van der Waals surface area contributed by atoms with Crippen LogP contribution in [0.25, 0.3) is 0 Å². The van der Waals surface area contributed by atoms with Crippen molar-refractivity contribution in [3.8, 4) is 0 Å². The molecular weight excluding hydrogens is 288 g/mol. The lowest BCUT2D eigenvalue weighted by Gasteiger charge is -2.51. The smallest absolute Gasteiger partial charge is 0.309 e. The Balaban J connectivity index is 1.88. The third-order valence-corrected chi connectivity index (χ3v) is 6.72. The van der Waals surface area contributed by atoms with Crippen molar-refractivity contribution in [2.45, 2.75) is 48.8 Å². The van der Waals surface area contributed by atoms with Crippen molar-refractivity contribution in [1.29, 1.82) is 0 Å². The molecule has 0 saturated heterocycles. The maximum Gasteiger partial charge on any atom is 0.309 e. The number of aliphatic carboxylic acids is 1. The van der Waals surface area contributed by atoms with Crippen LogP contribution >= 0.6 is 0 Å². The summed E-state index contributed by atoms with van der Waals surface area (Å²) in [5.74, 6) is -0.650. The number of rotatable bonds is 3. The van der Waals surface area contributed by atoms with E-state index < -0.39 is 21.2 Å². The molecule has 0 atom stereocenters. The molecule has 4 nitrogen and oxygen atoms in total. The van der Waals surface area contributed by atoms with Crippen molar-refractivity contribution in [3.05, 3.63) is 29.8 Å². The van der Waals surface area contributed by atoms with Crippen LogP contribution in [0.1, 0.15) is 44.1 Å². The Morgan fingerprint density at radius 2 is 1.48 bits per heavy atom. The van der Waals surface area contributed by atoms with Gasteiger partial charge in [-0.25, -0.2) is 8.42 Å². The molecule has 3 saturated carbocycles. The van der Waals surface area contributed by atoms with Gasteiger partial charge in [-0.1, -0.05) is 12.1 Å². The lowest BCUT2D eigenvalue weighted by molar-refractivity contribution is -0.156. The standard InChI is InChI=1S/C16H20O4S/c1-21(19,20)13-4-2-12(3-5-13)15-6-9-16(10-7-15,11-8-15)14(17)18/h2-5H,6-11H2,1H3,(H,17,18). The minimum absolute atomic E-state index is 0.0488. The predicted molar refractivity (Wildman–Crippen MR) is 79.0 cm³/mol. The molecule has 3 aliphatic rings. The first kappa shape index (κ1) is 14.6. The van der Waals surface area contributed by atoms with Gasteiger partial charge >= 0.3 is 5.97 Å². The molecule has 4 rings (SSSR count). The van der Waals surface area contributed by atoms with Gasteiger partial charge in [0, 0.05) is 6.26 Å². The van der Waals surface area contributed by atoms with Gasteiger partial charge in [-0.15, -0.1) is 0 Å². The Morgan fingerprint density at radius 1 is 1.00 bits per heavy atom. The summed E-state index contributed by atoms with van der Waals surface area (Å²) >= 11 is 0. The van der Waals surface area contributed by atoms with E-state index in [4.69, 9.17) is 0 Å². The number of fused-ring (bicyclic) bond motifs is 3. The molecule has 2 bridgehead atoms. The van der Waals surface area contributed by atoms with Crippen LogP contribution < -0.4 is 0 Å². The molecule has 0 spiro atoms. The van der Waals surface area contributed by atoms with E-state index in [-0.39, 0.29) is 5.41 Å². The Morgan fingerprint density at radius 3 is 1.86 bits per heavy atom.